The third-order valence-electron chi connectivity index (χ3n) is 3.92. The van der Waals surface area contributed by atoms with Crippen LogP contribution in [0.4, 0.5) is 4.79 Å². The molecule has 0 bridgehead atoms. The minimum Gasteiger partial charge on any atom is -0.464 e. The summed E-state index contributed by atoms with van der Waals surface area (Å²) in [6.07, 6.45) is 3.43. The topological polar surface area (TPSA) is 63.5 Å². The summed E-state index contributed by atoms with van der Waals surface area (Å²) in [6.45, 7) is 4.45. The van der Waals surface area contributed by atoms with Gasteiger partial charge in [0, 0.05) is 13.2 Å². The second-order valence-corrected chi connectivity index (χ2v) is 5.59. The van der Waals surface area contributed by atoms with Crippen molar-refractivity contribution in [2.75, 3.05) is 13.7 Å². The summed E-state index contributed by atoms with van der Waals surface area (Å²) in [7, 11) is 1.61. The van der Waals surface area contributed by atoms with Crippen LogP contribution in [0.2, 0.25) is 0 Å². The normalized spacial score (nSPS) is 23.6. The molecule has 1 aromatic rings. The second-order valence-electron chi connectivity index (χ2n) is 5.59. The Labute approximate surface area is 120 Å². The molecular formula is C15H24N2O3. The van der Waals surface area contributed by atoms with Crippen LogP contribution in [0.3, 0.4) is 0 Å². The third kappa shape index (κ3) is 3.76. The van der Waals surface area contributed by atoms with Gasteiger partial charge in [-0.15, -0.1) is 0 Å². The van der Waals surface area contributed by atoms with Gasteiger partial charge in [0.1, 0.15) is 17.6 Å². The van der Waals surface area contributed by atoms with Crippen LogP contribution in [0, 0.1) is 12.8 Å². The summed E-state index contributed by atoms with van der Waals surface area (Å²) >= 11 is 0. The van der Waals surface area contributed by atoms with Gasteiger partial charge < -0.3 is 19.8 Å². The van der Waals surface area contributed by atoms with E-state index < -0.39 is 0 Å². The number of aryl methyl sites for hydroxylation is 1. The quantitative estimate of drug-likeness (QED) is 0.871. The van der Waals surface area contributed by atoms with Crippen molar-refractivity contribution >= 4 is 6.03 Å². The molecule has 0 aromatic carbocycles. The van der Waals surface area contributed by atoms with Crippen LogP contribution >= 0.6 is 0 Å². The van der Waals surface area contributed by atoms with Crippen molar-refractivity contribution in [3.8, 4) is 0 Å². The zero-order valence-corrected chi connectivity index (χ0v) is 12.4. The predicted octanol–water partition coefficient (Wildman–Crippen LogP) is 2.76. The van der Waals surface area contributed by atoms with Gasteiger partial charge in [-0.2, -0.15) is 0 Å². The lowest BCUT2D eigenvalue weighted by Gasteiger charge is -2.21. The summed E-state index contributed by atoms with van der Waals surface area (Å²) in [5, 5.41) is 5.97. The van der Waals surface area contributed by atoms with E-state index in [1.165, 1.54) is 12.8 Å². The number of rotatable bonds is 5. The average molecular weight is 280 g/mol. The highest BCUT2D eigenvalue weighted by molar-refractivity contribution is 5.74. The summed E-state index contributed by atoms with van der Waals surface area (Å²) in [6, 6.07) is 3.62. The molecule has 1 heterocycles. The molecule has 1 aromatic heterocycles. The lowest BCUT2D eigenvalue weighted by atomic mass is 10.1. The van der Waals surface area contributed by atoms with Crippen LogP contribution in [0.15, 0.2) is 16.5 Å². The summed E-state index contributed by atoms with van der Waals surface area (Å²) in [5.41, 5.74) is 0. The number of carbonyl (C=O) groups excluding carboxylic acids is 1. The van der Waals surface area contributed by atoms with Gasteiger partial charge in [-0.1, -0.05) is 13.3 Å². The highest BCUT2D eigenvalue weighted by atomic mass is 16.5. The van der Waals surface area contributed by atoms with Crippen molar-refractivity contribution < 1.29 is 13.9 Å². The number of nitrogens with one attached hydrogen (secondary N) is 2. The molecule has 0 spiro atoms. The Morgan fingerprint density at radius 1 is 1.50 bits per heavy atom. The van der Waals surface area contributed by atoms with Gasteiger partial charge in [0.15, 0.2) is 0 Å². The first-order chi connectivity index (χ1) is 9.60. The molecule has 1 saturated carbocycles. The van der Waals surface area contributed by atoms with Crippen LogP contribution in [0.5, 0.6) is 0 Å². The van der Waals surface area contributed by atoms with Gasteiger partial charge in [-0.05, 0) is 37.8 Å². The highest BCUT2D eigenvalue weighted by Crippen LogP contribution is 2.24. The first kappa shape index (κ1) is 14.9. The molecule has 2 N–H and O–H groups in total. The van der Waals surface area contributed by atoms with Crippen LogP contribution < -0.4 is 10.6 Å². The number of ether oxygens (including phenoxy) is 1. The average Bonchev–Trinajstić information content (AvgIpc) is 2.99. The van der Waals surface area contributed by atoms with Crippen molar-refractivity contribution in [2.24, 2.45) is 5.92 Å². The van der Waals surface area contributed by atoms with Crippen molar-refractivity contribution in [2.45, 2.75) is 45.2 Å². The fraction of sp³-hybridized carbons (Fsp3) is 0.667. The van der Waals surface area contributed by atoms with Crippen LogP contribution in [0.25, 0.3) is 0 Å². The fourth-order valence-corrected chi connectivity index (χ4v) is 2.73. The lowest BCUT2D eigenvalue weighted by Crippen LogP contribution is -2.45. The van der Waals surface area contributed by atoms with Crippen LogP contribution in [-0.4, -0.2) is 25.8 Å². The van der Waals surface area contributed by atoms with Crippen LogP contribution in [0.1, 0.15) is 43.7 Å². The zero-order valence-electron chi connectivity index (χ0n) is 12.4. The molecule has 2 amide bonds. The van der Waals surface area contributed by atoms with Crippen molar-refractivity contribution in [1.29, 1.82) is 0 Å². The Kier molecular flexibility index (Phi) is 5.06. The molecule has 0 radical (unpaired) electrons. The molecule has 1 aliphatic carbocycles. The maximum Gasteiger partial charge on any atom is 0.315 e. The smallest absolute Gasteiger partial charge is 0.315 e. The van der Waals surface area contributed by atoms with Gasteiger partial charge in [0.25, 0.3) is 0 Å². The Morgan fingerprint density at radius 2 is 2.30 bits per heavy atom. The van der Waals surface area contributed by atoms with E-state index in [0.717, 1.165) is 17.9 Å². The maximum absolute atomic E-state index is 12.1. The van der Waals surface area contributed by atoms with E-state index in [4.69, 9.17) is 9.15 Å². The standard InChI is InChI=1S/C15H24N2O3/c1-10-5-4-6-12(10)16-15(18)17-13(9-19-3)14-8-7-11(2)20-14/h7-8,10,12-13H,4-6,9H2,1-3H3,(H2,16,17,18)/t10-,12-,13+/m1/s1. The Morgan fingerprint density at radius 3 is 2.85 bits per heavy atom. The molecule has 0 aliphatic heterocycles. The number of carbonyl (C=O) groups is 1. The number of hydrogen-bond acceptors (Lipinski definition) is 3. The van der Waals surface area contributed by atoms with E-state index in [0.29, 0.717) is 12.5 Å². The van der Waals surface area contributed by atoms with Crippen molar-refractivity contribution in [1.82, 2.24) is 10.6 Å². The number of urea groups is 1. The molecular weight excluding hydrogens is 256 g/mol. The Balaban J connectivity index is 1.92. The SMILES string of the molecule is COC[C@H](NC(=O)N[C@@H]1CCC[C@H]1C)c1ccc(C)o1. The molecule has 0 unspecified atom stereocenters. The molecule has 5 heteroatoms. The van der Waals surface area contributed by atoms with Gasteiger partial charge in [0.2, 0.25) is 0 Å². The molecule has 1 aliphatic rings. The Hall–Kier alpha value is -1.49. The monoisotopic (exact) mass is 280 g/mol. The molecule has 20 heavy (non-hydrogen) atoms. The molecule has 1 fully saturated rings. The number of furan rings is 1. The van der Waals surface area contributed by atoms with E-state index in [-0.39, 0.29) is 18.1 Å². The fourth-order valence-electron chi connectivity index (χ4n) is 2.73. The predicted molar refractivity (Wildman–Crippen MR) is 76.5 cm³/mol. The minimum absolute atomic E-state index is 0.153. The van der Waals surface area contributed by atoms with E-state index >= 15 is 0 Å². The molecule has 0 saturated heterocycles. The molecule has 2 rings (SSSR count). The first-order valence-corrected chi connectivity index (χ1v) is 7.22. The van der Waals surface area contributed by atoms with Gasteiger partial charge in [-0.25, -0.2) is 4.79 Å². The van der Waals surface area contributed by atoms with E-state index in [9.17, 15) is 4.79 Å². The largest absolute Gasteiger partial charge is 0.464 e. The first-order valence-electron chi connectivity index (χ1n) is 7.22. The number of hydrogen-bond donors (Lipinski definition) is 2. The summed E-state index contributed by atoms with van der Waals surface area (Å²) in [4.78, 5) is 12.1. The van der Waals surface area contributed by atoms with Crippen molar-refractivity contribution in [3.63, 3.8) is 0 Å². The Bertz CT molecular complexity index is 444. The summed E-state index contributed by atoms with van der Waals surface area (Å²) in [5.74, 6) is 2.10. The van der Waals surface area contributed by atoms with Gasteiger partial charge in [-0.3, -0.25) is 0 Å². The number of amides is 2. The lowest BCUT2D eigenvalue weighted by molar-refractivity contribution is 0.155. The number of methoxy groups -OCH3 is 1. The van der Waals surface area contributed by atoms with E-state index in [1.807, 2.05) is 19.1 Å². The molecule has 112 valence electrons. The zero-order chi connectivity index (χ0) is 14.5. The van der Waals surface area contributed by atoms with E-state index in [1.54, 1.807) is 7.11 Å². The van der Waals surface area contributed by atoms with E-state index in [2.05, 4.69) is 17.6 Å². The molecule has 5 nitrogen and oxygen atoms in total. The van der Waals surface area contributed by atoms with Crippen molar-refractivity contribution in [3.05, 3.63) is 23.7 Å². The van der Waals surface area contributed by atoms with Gasteiger partial charge >= 0.3 is 6.03 Å². The third-order valence-corrected chi connectivity index (χ3v) is 3.92. The second kappa shape index (κ2) is 6.79. The van der Waals surface area contributed by atoms with Gasteiger partial charge in [0.05, 0.1) is 6.61 Å². The highest BCUT2D eigenvalue weighted by Gasteiger charge is 2.26. The maximum atomic E-state index is 12.1. The molecule has 3 atom stereocenters. The summed E-state index contributed by atoms with van der Waals surface area (Å²) < 4.78 is 10.7. The van der Waals surface area contributed by atoms with Crippen LogP contribution in [-0.2, 0) is 4.74 Å². The minimum atomic E-state index is -0.259.